The van der Waals surface area contributed by atoms with Crippen LogP contribution < -0.4 is 10.5 Å². The second kappa shape index (κ2) is 9.03. The third-order valence-corrected chi connectivity index (χ3v) is 4.02. The van der Waals surface area contributed by atoms with E-state index in [0.29, 0.717) is 12.6 Å². The number of rotatable bonds is 9. The summed E-state index contributed by atoms with van der Waals surface area (Å²) in [4.78, 5) is 2.42. The van der Waals surface area contributed by atoms with Crippen molar-refractivity contribution in [3.05, 3.63) is 29.8 Å². The maximum Gasteiger partial charge on any atom is 0.123 e. The van der Waals surface area contributed by atoms with E-state index in [0.717, 1.165) is 24.3 Å². The van der Waals surface area contributed by atoms with Gasteiger partial charge >= 0.3 is 0 Å². The zero-order chi connectivity index (χ0) is 15.8. The van der Waals surface area contributed by atoms with Gasteiger partial charge in [0.05, 0.1) is 19.8 Å². The van der Waals surface area contributed by atoms with E-state index in [2.05, 4.69) is 31.7 Å². The minimum atomic E-state index is 0.00663. The predicted octanol–water partition coefficient (Wildman–Crippen LogP) is 2.83. The molecule has 3 unspecified atom stereocenters. The van der Waals surface area contributed by atoms with Gasteiger partial charge in [-0.15, -0.1) is 0 Å². The fraction of sp³-hybridized carbons (Fsp3) is 0.647. The van der Waals surface area contributed by atoms with Gasteiger partial charge in [-0.1, -0.05) is 25.1 Å². The van der Waals surface area contributed by atoms with E-state index >= 15 is 0 Å². The molecule has 0 heterocycles. The van der Waals surface area contributed by atoms with Gasteiger partial charge in [-0.2, -0.15) is 0 Å². The lowest BCUT2D eigenvalue weighted by Gasteiger charge is -2.39. The molecule has 0 bridgehead atoms. The molecule has 0 aliphatic rings. The first-order valence-electron chi connectivity index (χ1n) is 7.69. The number of para-hydroxylation sites is 1. The summed E-state index contributed by atoms with van der Waals surface area (Å²) in [6.07, 6.45) is 1.07. The highest BCUT2D eigenvalue weighted by Gasteiger charge is 2.29. The largest absolute Gasteiger partial charge is 0.496 e. The van der Waals surface area contributed by atoms with Crippen molar-refractivity contribution in [3.63, 3.8) is 0 Å². The molecular weight excluding hydrogens is 264 g/mol. The first-order valence-corrected chi connectivity index (χ1v) is 7.69. The van der Waals surface area contributed by atoms with E-state index in [1.165, 1.54) is 0 Å². The van der Waals surface area contributed by atoms with Gasteiger partial charge in [0, 0.05) is 31.3 Å². The normalized spacial score (nSPS) is 15.8. The van der Waals surface area contributed by atoms with Crippen LogP contribution in [0.4, 0.5) is 0 Å². The Morgan fingerprint density at radius 3 is 2.38 bits per heavy atom. The first-order chi connectivity index (χ1) is 10.1. The molecule has 0 saturated carbocycles. The Labute approximate surface area is 129 Å². The van der Waals surface area contributed by atoms with Crippen molar-refractivity contribution in [1.82, 2.24) is 4.90 Å². The van der Waals surface area contributed by atoms with E-state index in [1.54, 1.807) is 14.2 Å². The average molecular weight is 294 g/mol. The molecule has 0 radical (unpaired) electrons. The Morgan fingerprint density at radius 1 is 1.19 bits per heavy atom. The highest BCUT2D eigenvalue weighted by molar-refractivity contribution is 5.36. The molecule has 0 aliphatic carbocycles. The van der Waals surface area contributed by atoms with Crippen LogP contribution in [-0.4, -0.2) is 44.4 Å². The van der Waals surface area contributed by atoms with Gasteiger partial charge in [0.15, 0.2) is 0 Å². The smallest absolute Gasteiger partial charge is 0.123 e. The summed E-state index contributed by atoms with van der Waals surface area (Å²) < 4.78 is 10.8. The summed E-state index contributed by atoms with van der Waals surface area (Å²) in [5.41, 5.74) is 7.46. The van der Waals surface area contributed by atoms with Gasteiger partial charge in [-0.3, -0.25) is 4.90 Å². The summed E-state index contributed by atoms with van der Waals surface area (Å²) in [6.45, 7) is 8.04. The van der Waals surface area contributed by atoms with Crippen LogP contribution in [0.1, 0.15) is 38.8 Å². The van der Waals surface area contributed by atoms with Crippen molar-refractivity contribution >= 4 is 0 Å². The Balaban J connectivity index is 3.17. The lowest BCUT2D eigenvalue weighted by molar-refractivity contribution is 0.0775. The Kier molecular flexibility index (Phi) is 7.72. The molecule has 0 fully saturated rings. The van der Waals surface area contributed by atoms with Crippen LogP contribution >= 0.6 is 0 Å². The Hall–Kier alpha value is -1.10. The summed E-state index contributed by atoms with van der Waals surface area (Å²) in [6, 6.07) is 8.69. The maximum atomic E-state index is 6.32. The van der Waals surface area contributed by atoms with Crippen LogP contribution in [0.15, 0.2) is 24.3 Å². The van der Waals surface area contributed by atoms with E-state index in [1.807, 2.05) is 18.2 Å². The predicted molar refractivity (Wildman–Crippen MR) is 87.7 cm³/mol. The van der Waals surface area contributed by atoms with Gasteiger partial charge in [-0.25, -0.2) is 0 Å². The molecule has 1 aromatic rings. The molecule has 0 saturated heterocycles. The topological polar surface area (TPSA) is 47.7 Å². The molecule has 1 aromatic carbocycles. The summed E-state index contributed by atoms with van der Waals surface area (Å²) in [5.74, 6) is 0.894. The molecule has 0 amide bonds. The van der Waals surface area contributed by atoms with E-state index in [-0.39, 0.29) is 12.1 Å². The highest BCUT2D eigenvalue weighted by atomic mass is 16.5. The standard InChI is InChI=1S/C17H30N2O2/c1-6-13(2)19(11-12-20-4)17(14(3)18)15-9-7-8-10-16(15)21-5/h7-10,13-14,17H,6,11-12,18H2,1-5H3. The monoisotopic (exact) mass is 294 g/mol. The maximum absolute atomic E-state index is 6.32. The molecule has 21 heavy (non-hydrogen) atoms. The van der Waals surface area contributed by atoms with Crippen LogP contribution in [0, 0.1) is 0 Å². The number of hydrogen-bond donors (Lipinski definition) is 1. The lowest BCUT2D eigenvalue weighted by Crippen LogP contribution is -2.45. The Morgan fingerprint density at radius 2 is 1.86 bits per heavy atom. The molecule has 0 spiro atoms. The fourth-order valence-electron chi connectivity index (χ4n) is 2.74. The molecule has 4 heteroatoms. The Bertz CT molecular complexity index is 410. The van der Waals surface area contributed by atoms with E-state index < -0.39 is 0 Å². The van der Waals surface area contributed by atoms with Crippen molar-refractivity contribution in [2.75, 3.05) is 27.4 Å². The average Bonchev–Trinajstić information content (AvgIpc) is 2.50. The number of hydrogen-bond acceptors (Lipinski definition) is 4. The minimum Gasteiger partial charge on any atom is -0.496 e. The number of methoxy groups -OCH3 is 2. The van der Waals surface area contributed by atoms with E-state index in [9.17, 15) is 0 Å². The van der Waals surface area contributed by atoms with Gasteiger partial charge in [0.25, 0.3) is 0 Å². The fourth-order valence-corrected chi connectivity index (χ4v) is 2.74. The second-order valence-electron chi connectivity index (χ2n) is 5.53. The minimum absolute atomic E-state index is 0.00663. The molecule has 2 N–H and O–H groups in total. The van der Waals surface area contributed by atoms with Crippen LogP contribution in [0.3, 0.4) is 0 Å². The van der Waals surface area contributed by atoms with Crippen LogP contribution in [0.2, 0.25) is 0 Å². The van der Waals surface area contributed by atoms with E-state index in [4.69, 9.17) is 15.2 Å². The third kappa shape index (κ3) is 4.70. The van der Waals surface area contributed by atoms with Gasteiger partial charge in [0.2, 0.25) is 0 Å². The van der Waals surface area contributed by atoms with Crippen molar-refractivity contribution in [3.8, 4) is 5.75 Å². The van der Waals surface area contributed by atoms with Crippen molar-refractivity contribution in [1.29, 1.82) is 0 Å². The van der Waals surface area contributed by atoms with Gasteiger partial charge in [0.1, 0.15) is 5.75 Å². The molecule has 0 aromatic heterocycles. The lowest BCUT2D eigenvalue weighted by atomic mass is 9.96. The first kappa shape index (κ1) is 18.0. The van der Waals surface area contributed by atoms with Crippen molar-refractivity contribution < 1.29 is 9.47 Å². The third-order valence-electron chi connectivity index (χ3n) is 4.02. The zero-order valence-electron chi connectivity index (χ0n) is 14.0. The molecular formula is C17H30N2O2. The number of nitrogens with zero attached hydrogens (tertiary/aromatic N) is 1. The van der Waals surface area contributed by atoms with Crippen LogP contribution in [0.5, 0.6) is 5.75 Å². The zero-order valence-corrected chi connectivity index (χ0v) is 14.0. The SMILES string of the molecule is CCC(C)N(CCOC)C(c1ccccc1OC)C(C)N. The van der Waals surface area contributed by atoms with Crippen molar-refractivity contribution in [2.45, 2.75) is 45.3 Å². The van der Waals surface area contributed by atoms with Gasteiger partial charge in [-0.05, 0) is 26.3 Å². The summed E-state index contributed by atoms with van der Waals surface area (Å²) in [5, 5.41) is 0. The van der Waals surface area contributed by atoms with Crippen LogP contribution in [0.25, 0.3) is 0 Å². The molecule has 0 aliphatic heterocycles. The molecule has 3 atom stereocenters. The number of benzene rings is 1. The second-order valence-corrected chi connectivity index (χ2v) is 5.53. The van der Waals surface area contributed by atoms with Gasteiger partial charge < -0.3 is 15.2 Å². The molecule has 120 valence electrons. The summed E-state index contributed by atoms with van der Waals surface area (Å²) in [7, 11) is 3.44. The van der Waals surface area contributed by atoms with Crippen molar-refractivity contribution in [2.24, 2.45) is 5.73 Å². The number of nitrogens with two attached hydrogens (primary N) is 1. The number of ether oxygens (including phenoxy) is 2. The molecule has 4 nitrogen and oxygen atoms in total. The van der Waals surface area contributed by atoms with Crippen LogP contribution in [-0.2, 0) is 4.74 Å². The molecule has 1 rings (SSSR count). The highest BCUT2D eigenvalue weighted by Crippen LogP contribution is 2.32. The summed E-state index contributed by atoms with van der Waals surface area (Å²) >= 11 is 0. The quantitative estimate of drug-likeness (QED) is 0.761.